The number of anilines is 1. The SMILES string of the molecule is O=C(CSc1nnnn1-c1ccccc1)Nc1ccnn1C1CCCC1. The highest BCUT2D eigenvalue weighted by Crippen LogP contribution is 2.31. The Labute approximate surface area is 155 Å². The number of hydrogen-bond donors (Lipinski definition) is 1. The van der Waals surface area contributed by atoms with Crippen molar-refractivity contribution in [3.8, 4) is 5.69 Å². The van der Waals surface area contributed by atoms with Crippen molar-refractivity contribution in [3.63, 3.8) is 0 Å². The van der Waals surface area contributed by atoms with Crippen molar-refractivity contribution in [2.75, 3.05) is 11.1 Å². The molecule has 9 heteroatoms. The summed E-state index contributed by atoms with van der Waals surface area (Å²) >= 11 is 1.30. The van der Waals surface area contributed by atoms with Gasteiger partial charge in [0.25, 0.3) is 0 Å². The third kappa shape index (κ3) is 3.62. The highest BCUT2D eigenvalue weighted by atomic mass is 32.2. The molecule has 2 heterocycles. The van der Waals surface area contributed by atoms with Gasteiger partial charge in [0.2, 0.25) is 11.1 Å². The van der Waals surface area contributed by atoms with E-state index in [1.807, 2.05) is 41.1 Å². The van der Waals surface area contributed by atoms with Crippen molar-refractivity contribution < 1.29 is 4.79 Å². The van der Waals surface area contributed by atoms with Gasteiger partial charge in [-0.2, -0.15) is 9.78 Å². The molecule has 1 aliphatic carbocycles. The lowest BCUT2D eigenvalue weighted by molar-refractivity contribution is -0.113. The number of rotatable bonds is 6. The Morgan fingerprint density at radius 1 is 1.19 bits per heavy atom. The van der Waals surface area contributed by atoms with Gasteiger partial charge in [0.1, 0.15) is 5.82 Å². The Morgan fingerprint density at radius 2 is 2.00 bits per heavy atom. The van der Waals surface area contributed by atoms with Crippen LogP contribution in [-0.2, 0) is 4.79 Å². The van der Waals surface area contributed by atoms with Crippen LogP contribution in [0.2, 0.25) is 0 Å². The van der Waals surface area contributed by atoms with Gasteiger partial charge in [-0.15, -0.1) is 5.10 Å². The fourth-order valence-electron chi connectivity index (χ4n) is 3.16. The van der Waals surface area contributed by atoms with Gasteiger partial charge in [-0.05, 0) is 35.4 Å². The molecule has 1 aromatic carbocycles. The molecule has 2 aromatic heterocycles. The zero-order valence-electron chi connectivity index (χ0n) is 14.2. The number of nitrogens with one attached hydrogen (secondary N) is 1. The monoisotopic (exact) mass is 369 g/mol. The summed E-state index contributed by atoms with van der Waals surface area (Å²) < 4.78 is 3.56. The van der Waals surface area contributed by atoms with Crippen LogP contribution >= 0.6 is 11.8 Å². The second-order valence-corrected chi connectivity index (χ2v) is 7.09. The predicted octanol–water partition coefficient (Wildman–Crippen LogP) is 2.70. The average molecular weight is 369 g/mol. The number of hydrogen-bond acceptors (Lipinski definition) is 6. The van der Waals surface area contributed by atoms with Crippen LogP contribution in [0.15, 0.2) is 47.8 Å². The molecule has 1 N–H and O–H groups in total. The molecule has 0 saturated heterocycles. The van der Waals surface area contributed by atoms with Crippen LogP contribution in [-0.4, -0.2) is 41.6 Å². The number of thioether (sulfide) groups is 1. The van der Waals surface area contributed by atoms with E-state index < -0.39 is 0 Å². The minimum absolute atomic E-state index is 0.0997. The van der Waals surface area contributed by atoms with Gasteiger partial charge in [0.05, 0.1) is 23.7 Å². The van der Waals surface area contributed by atoms with Gasteiger partial charge in [-0.1, -0.05) is 42.8 Å². The normalized spacial score (nSPS) is 14.6. The van der Waals surface area contributed by atoms with E-state index in [-0.39, 0.29) is 11.7 Å². The zero-order valence-corrected chi connectivity index (χ0v) is 15.0. The number of aromatic nitrogens is 6. The molecule has 8 nitrogen and oxygen atoms in total. The van der Waals surface area contributed by atoms with E-state index in [0.29, 0.717) is 11.2 Å². The van der Waals surface area contributed by atoms with Gasteiger partial charge in [0.15, 0.2) is 0 Å². The fourth-order valence-corrected chi connectivity index (χ4v) is 3.85. The molecule has 1 fully saturated rings. The standard InChI is InChI=1S/C17H19N7OS/c25-16(19-15-10-11-18-23(15)13-8-4-5-9-13)12-26-17-20-21-22-24(17)14-6-2-1-3-7-14/h1-3,6-7,10-11,13H,4-5,8-9,12H2,(H,19,25). The molecule has 0 atom stereocenters. The molecule has 0 aliphatic heterocycles. The van der Waals surface area contributed by atoms with Crippen LogP contribution in [0.5, 0.6) is 0 Å². The molecule has 134 valence electrons. The summed E-state index contributed by atoms with van der Waals surface area (Å²) in [4.78, 5) is 12.4. The highest BCUT2D eigenvalue weighted by Gasteiger charge is 2.20. The topological polar surface area (TPSA) is 90.5 Å². The lowest BCUT2D eigenvalue weighted by atomic mass is 10.2. The lowest BCUT2D eigenvalue weighted by Gasteiger charge is -2.14. The molecule has 4 rings (SSSR count). The van der Waals surface area contributed by atoms with Crippen LogP contribution in [0, 0.1) is 0 Å². The zero-order chi connectivity index (χ0) is 17.8. The van der Waals surface area contributed by atoms with Crippen LogP contribution < -0.4 is 5.32 Å². The Balaban J connectivity index is 1.39. The molecule has 1 saturated carbocycles. The first-order valence-electron chi connectivity index (χ1n) is 8.61. The van der Waals surface area contributed by atoms with Crippen molar-refractivity contribution in [1.82, 2.24) is 30.0 Å². The van der Waals surface area contributed by atoms with Crippen LogP contribution in [0.4, 0.5) is 5.82 Å². The first-order chi connectivity index (χ1) is 12.8. The third-order valence-electron chi connectivity index (χ3n) is 4.38. The van der Waals surface area contributed by atoms with Crippen molar-refractivity contribution in [1.29, 1.82) is 0 Å². The first kappa shape index (κ1) is 16.8. The molecular formula is C17H19N7OS. The number of tetrazole rings is 1. The number of amides is 1. The molecule has 3 aromatic rings. The molecule has 0 bridgehead atoms. The number of benzene rings is 1. The third-order valence-corrected chi connectivity index (χ3v) is 5.30. The summed E-state index contributed by atoms with van der Waals surface area (Å²) in [5.74, 6) is 0.880. The van der Waals surface area contributed by atoms with Gasteiger partial charge in [-0.3, -0.25) is 4.79 Å². The van der Waals surface area contributed by atoms with E-state index in [2.05, 4.69) is 25.9 Å². The summed E-state index contributed by atoms with van der Waals surface area (Å²) in [5, 5.41) is 19.6. The van der Waals surface area contributed by atoms with Crippen molar-refractivity contribution in [2.24, 2.45) is 0 Å². The van der Waals surface area contributed by atoms with E-state index >= 15 is 0 Å². The molecule has 0 radical (unpaired) electrons. The van der Waals surface area contributed by atoms with Gasteiger partial charge in [0, 0.05) is 6.07 Å². The molecular weight excluding hydrogens is 350 g/mol. The first-order valence-corrected chi connectivity index (χ1v) is 9.60. The molecule has 0 unspecified atom stereocenters. The van der Waals surface area contributed by atoms with Crippen LogP contribution in [0.25, 0.3) is 5.69 Å². The van der Waals surface area contributed by atoms with Crippen LogP contribution in [0.3, 0.4) is 0 Å². The molecule has 1 amide bonds. The summed E-state index contributed by atoms with van der Waals surface area (Å²) in [6, 6.07) is 11.8. The second-order valence-electron chi connectivity index (χ2n) is 6.14. The summed E-state index contributed by atoms with van der Waals surface area (Å²) in [6.45, 7) is 0. The van der Waals surface area contributed by atoms with E-state index in [4.69, 9.17) is 0 Å². The van der Waals surface area contributed by atoms with E-state index in [1.54, 1.807) is 10.9 Å². The van der Waals surface area contributed by atoms with Crippen LogP contribution in [0.1, 0.15) is 31.7 Å². The second kappa shape index (κ2) is 7.69. The smallest absolute Gasteiger partial charge is 0.235 e. The van der Waals surface area contributed by atoms with Crippen molar-refractivity contribution >= 4 is 23.5 Å². The van der Waals surface area contributed by atoms with Crippen molar-refractivity contribution in [3.05, 3.63) is 42.6 Å². The summed E-state index contributed by atoms with van der Waals surface area (Å²) in [5.41, 5.74) is 0.861. The Kier molecular flexibility index (Phi) is 4.96. The maximum atomic E-state index is 12.4. The summed E-state index contributed by atoms with van der Waals surface area (Å²) in [7, 11) is 0. The Bertz CT molecular complexity index is 870. The average Bonchev–Trinajstić information content (AvgIpc) is 3.41. The Morgan fingerprint density at radius 3 is 2.81 bits per heavy atom. The summed E-state index contributed by atoms with van der Waals surface area (Å²) in [6.07, 6.45) is 6.40. The lowest BCUT2D eigenvalue weighted by Crippen LogP contribution is -2.19. The van der Waals surface area contributed by atoms with Gasteiger partial charge >= 0.3 is 0 Å². The number of carbonyl (C=O) groups excluding carboxylic acids is 1. The molecule has 26 heavy (non-hydrogen) atoms. The van der Waals surface area contributed by atoms with E-state index in [9.17, 15) is 4.79 Å². The van der Waals surface area contributed by atoms with Gasteiger partial charge in [-0.25, -0.2) is 4.68 Å². The number of para-hydroxylation sites is 1. The maximum absolute atomic E-state index is 12.4. The minimum Gasteiger partial charge on any atom is -0.310 e. The van der Waals surface area contributed by atoms with E-state index in [1.165, 1.54) is 24.6 Å². The quantitative estimate of drug-likeness (QED) is 0.672. The van der Waals surface area contributed by atoms with Gasteiger partial charge < -0.3 is 5.32 Å². The predicted molar refractivity (Wildman–Crippen MR) is 98.2 cm³/mol. The van der Waals surface area contributed by atoms with E-state index in [0.717, 1.165) is 24.3 Å². The minimum atomic E-state index is -0.0997. The van der Waals surface area contributed by atoms with Crippen molar-refractivity contribution in [2.45, 2.75) is 36.9 Å². The fraction of sp³-hybridized carbons (Fsp3) is 0.353. The highest BCUT2D eigenvalue weighted by molar-refractivity contribution is 7.99. The molecule has 1 aliphatic rings. The Hall–Kier alpha value is -2.68. The number of nitrogens with zero attached hydrogens (tertiary/aromatic N) is 6. The largest absolute Gasteiger partial charge is 0.310 e. The number of carbonyl (C=O) groups is 1. The maximum Gasteiger partial charge on any atom is 0.235 e. The molecule has 0 spiro atoms.